The summed E-state index contributed by atoms with van der Waals surface area (Å²) in [6.07, 6.45) is 9.86. The maximum Gasteiger partial charge on any atom is 0.303 e. The monoisotopic (exact) mass is 377 g/mol. The highest BCUT2D eigenvalue weighted by molar-refractivity contribution is 5.70. The topological polar surface area (TPSA) is 59.6 Å². The van der Waals surface area contributed by atoms with Crippen LogP contribution in [0.25, 0.3) is 12.2 Å². The Balaban J connectivity index is 0.00000338. The summed E-state index contributed by atoms with van der Waals surface area (Å²) in [6, 6.07) is 9.86. The van der Waals surface area contributed by atoms with Gasteiger partial charge in [0.25, 0.3) is 0 Å². The zero-order valence-corrected chi connectivity index (χ0v) is 15.8. The second-order valence-corrected chi connectivity index (χ2v) is 5.67. The van der Waals surface area contributed by atoms with Gasteiger partial charge in [0.15, 0.2) is 23.9 Å². The molecule has 5 nitrogen and oxygen atoms in total. The van der Waals surface area contributed by atoms with Crippen LogP contribution in [-0.2, 0) is 11.3 Å². The number of aromatic nitrogens is 1. The summed E-state index contributed by atoms with van der Waals surface area (Å²) in [4.78, 5) is 10.5. The van der Waals surface area contributed by atoms with E-state index in [0.29, 0.717) is 17.9 Å². The normalized spacial score (nSPS) is 10.4. The quantitative estimate of drug-likeness (QED) is 0.508. The van der Waals surface area contributed by atoms with Gasteiger partial charge in [0.05, 0.1) is 14.2 Å². The first-order chi connectivity index (χ1) is 12.1. The third-order valence-electron chi connectivity index (χ3n) is 3.85. The fourth-order valence-electron chi connectivity index (χ4n) is 2.45. The molecule has 0 atom stereocenters. The molecular weight excluding hydrogens is 354 g/mol. The van der Waals surface area contributed by atoms with E-state index in [1.165, 1.54) is 0 Å². The highest BCUT2D eigenvalue weighted by Gasteiger charge is 2.04. The van der Waals surface area contributed by atoms with Crippen LogP contribution in [0.2, 0.25) is 0 Å². The fraction of sp³-hybridized carbons (Fsp3) is 0.300. The predicted molar refractivity (Wildman–Crippen MR) is 96.6 cm³/mol. The molecule has 0 saturated carbocycles. The number of halogens is 1. The lowest BCUT2D eigenvalue weighted by atomic mass is 10.1. The lowest BCUT2D eigenvalue weighted by Crippen LogP contribution is -3.00. The van der Waals surface area contributed by atoms with Crippen LogP contribution in [0.3, 0.4) is 0 Å². The summed E-state index contributed by atoms with van der Waals surface area (Å²) in [5.74, 6) is 0.681. The largest absolute Gasteiger partial charge is 1.00 e. The van der Waals surface area contributed by atoms with Gasteiger partial charge < -0.3 is 27.0 Å². The molecule has 26 heavy (non-hydrogen) atoms. The molecule has 0 aliphatic carbocycles. The van der Waals surface area contributed by atoms with E-state index in [-0.39, 0.29) is 18.8 Å². The van der Waals surface area contributed by atoms with Crippen molar-refractivity contribution in [1.82, 2.24) is 0 Å². The summed E-state index contributed by atoms with van der Waals surface area (Å²) in [6.45, 7) is 0.826. The van der Waals surface area contributed by atoms with Gasteiger partial charge in [-0.15, -0.1) is 0 Å². The Labute approximate surface area is 160 Å². The number of aliphatic carboxylic acids is 1. The number of nitrogens with zero attached hydrogens (tertiary/aromatic N) is 1. The van der Waals surface area contributed by atoms with Crippen LogP contribution < -0.4 is 26.4 Å². The third-order valence-corrected chi connectivity index (χ3v) is 3.85. The minimum absolute atomic E-state index is 0. The number of unbranched alkanes of at least 4 members (excludes halogenated alkanes) is 1. The van der Waals surface area contributed by atoms with Crippen molar-refractivity contribution in [2.75, 3.05) is 14.2 Å². The number of hydrogen-bond donors (Lipinski definition) is 1. The molecule has 0 unspecified atom stereocenters. The van der Waals surface area contributed by atoms with Crippen molar-refractivity contribution >= 4 is 18.1 Å². The van der Waals surface area contributed by atoms with Crippen molar-refractivity contribution in [2.24, 2.45) is 0 Å². The first-order valence-electron chi connectivity index (χ1n) is 8.23. The Hall–Kier alpha value is -2.53. The van der Waals surface area contributed by atoms with E-state index in [4.69, 9.17) is 14.6 Å². The molecule has 2 rings (SSSR count). The molecule has 140 valence electrons. The predicted octanol–water partition coefficient (Wildman–Crippen LogP) is 0.421. The minimum atomic E-state index is -0.736. The van der Waals surface area contributed by atoms with Crippen LogP contribution in [0.4, 0.5) is 0 Å². The standard InChI is InChI=1S/C20H23NO4.ClH/c1-24-18-9-8-17(15-19(18)25-2)7-6-16-10-13-21(14-11-16)12-4-3-5-20(22)23;/h6-11,13-15H,3-5,12H2,1-2H3;1H/b7-6-;. The Morgan fingerprint density at radius 3 is 2.27 bits per heavy atom. The van der Waals surface area contributed by atoms with Crippen LogP contribution in [0.5, 0.6) is 11.5 Å². The maximum atomic E-state index is 10.5. The van der Waals surface area contributed by atoms with Gasteiger partial charge in [-0.2, -0.15) is 0 Å². The van der Waals surface area contributed by atoms with Gasteiger partial charge in [-0.3, -0.25) is 4.79 Å². The summed E-state index contributed by atoms with van der Waals surface area (Å²) in [5.41, 5.74) is 2.12. The molecule has 1 N–H and O–H groups in total. The van der Waals surface area contributed by atoms with Gasteiger partial charge in [0.1, 0.15) is 6.54 Å². The molecule has 6 heteroatoms. The molecule has 0 radical (unpaired) electrons. The van der Waals surface area contributed by atoms with E-state index in [0.717, 1.165) is 24.1 Å². The number of rotatable bonds is 9. The average Bonchev–Trinajstić information content (AvgIpc) is 2.64. The smallest absolute Gasteiger partial charge is 0.303 e. The first-order valence-corrected chi connectivity index (χ1v) is 8.23. The van der Waals surface area contributed by atoms with Crippen molar-refractivity contribution < 1.29 is 36.3 Å². The van der Waals surface area contributed by atoms with Gasteiger partial charge in [-0.05, 0) is 29.7 Å². The SMILES string of the molecule is COc1ccc(/C=C\c2cc[n+](CCCCC(=O)O)cc2)cc1OC.[Cl-]. The Kier molecular flexibility index (Phi) is 9.23. The fourth-order valence-corrected chi connectivity index (χ4v) is 2.45. The average molecular weight is 378 g/mol. The summed E-state index contributed by atoms with van der Waals surface area (Å²) < 4.78 is 12.6. The number of pyridine rings is 1. The number of hydrogen-bond acceptors (Lipinski definition) is 3. The number of ether oxygens (including phenoxy) is 2. The summed E-state index contributed by atoms with van der Waals surface area (Å²) in [7, 11) is 3.24. The number of aryl methyl sites for hydroxylation is 1. The lowest BCUT2D eigenvalue weighted by Gasteiger charge is -2.07. The Morgan fingerprint density at radius 1 is 1.00 bits per heavy atom. The van der Waals surface area contributed by atoms with E-state index >= 15 is 0 Å². The molecule has 2 aromatic rings. The molecule has 0 aliphatic heterocycles. The second-order valence-electron chi connectivity index (χ2n) is 5.67. The number of methoxy groups -OCH3 is 2. The molecule has 0 saturated heterocycles. The molecule has 1 aromatic heterocycles. The van der Waals surface area contributed by atoms with Gasteiger partial charge in [-0.1, -0.05) is 18.2 Å². The first kappa shape index (κ1) is 21.5. The van der Waals surface area contributed by atoms with Gasteiger partial charge in [0.2, 0.25) is 0 Å². The van der Waals surface area contributed by atoms with Crippen LogP contribution in [0.1, 0.15) is 30.4 Å². The van der Waals surface area contributed by atoms with E-state index in [9.17, 15) is 4.79 Å². The maximum absolute atomic E-state index is 10.5. The van der Waals surface area contributed by atoms with Crippen molar-refractivity contribution in [3.8, 4) is 11.5 Å². The van der Waals surface area contributed by atoms with Crippen molar-refractivity contribution in [3.05, 3.63) is 53.9 Å². The van der Waals surface area contributed by atoms with Crippen molar-refractivity contribution in [2.45, 2.75) is 25.8 Å². The zero-order chi connectivity index (χ0) is 18.1. The molecule has 1 heterocycles. The number of carbonyl (C=O) groups is 1. The van der Waals surface area contributed by atoms with Crippen molar-refractivity contribution in [3.63, 3.8) is 0 Å². The molecule has 1 aromatic carbocycles. The summed E-state index contributed by atoms with van der Waals surface area (Å²) >= 11 is 0. The number of carboxylic acids is 1. The highest BCUT2D eigenvalue weighted by Crippen LogP contribution is 2.28. The summed E-state index contributed by atoms with van der Waals surface area (Å²) in [5, 5.41) is 8.63. The Bertz CT molecular complexity index is 729. The number of carboxylic acid groups (broad SMARTS) is 1. The van der Waals surface area contributed by atoms with E-state index < -0.39 is 5.97 Å². The molecule has 0 bridgehead atoms. The third kappa shape index (κ3) is 6.76. The zero-order valence-electron chi connectivity index (χ0n) is 15.0. The second kappa shape index (κ2) is 11.2. The Morgan fingerprint density at radius 2 is 1.65 bits per heavy atom. The van der Waals surface area contributed by atoms with Gasteiger partial charge in [-0.25, -0.2) is 4.57 Å². The molecule has 0 amide bonds. The molecular formula is C20H24ClNO4. The van der Waals surface area contributed by atoms with Crippen LogP contribution in [-0.4, -0.2) is 25.3 Å². The minimum Gasteiger partial charge on any atom is -1.00 e. The lowest BCUT2D eigenvalue weighted by molar-refractivity contribution is -0.697. The van der Waals surface area contributed by atoms with Gasteiger partial charge in [0, 0.05) is 25.0 Å². The van der Waals surface area contributed by atoms with E-state index in [1.807, 2.05) is 54.9 Å². The van der Waals surface area contributed by atoms with Crippen molar-refractivity contribution in [1.29, 1.82) is 0 Å². The van der Waals surface area contributed by atoms with Crippen LogP contribution in [0, 0.1) is 0 Å². The van der Waals surface area contributed by atoms with Crippen LogP contribution >= 0.6 is 0 Å². The highest BCUT2D eigenvalue weighted by atomic mass is 35.5. The number of benzene rings is 1. The van der Waals surface area contributed by atoms with Crippen LogP contribution in [0.15, 0.2) is 42.7 Å². The van der Waals surface area contributed by atoms with E-state index in [2.05, 4.69) is 4.57 Å². The van der Waals surface area contributed by atoms with Gasteiger partial charge >= 0.3 is 5.97 Å². The molecule has 0 spiro atoms. The molecule has 0 fully saturated rings. The van der Waals surface area contributed by atoms with E-state index in [1.54, 1.807) is 14.2 Å². The molecule has 0 aliphatic rings.